The van der Waals surface area contributed by atoms with Gasteiger partial charge in [0.2, 0.25) is 5.75 Å². The molecule has 118 valence electrons. The maximum absolute atomic E-state index is 12.1. The molecule has 0 atom stereocenters. The Bertz CT molecular complexity index is 823. The Balaban J connectivity index is 2.31. The van der Waals surface area contributed by atoms with E-state index in [1.54, 1.807) is 0 Å². The lowest BCUT2D eigenvalue weighted by Gasteiger charge is -2.07. The van der Waals surface area contributed by atoms with Gasteiger partial charge in [-0.3, -0.25) is 4.79 Å². The first-order chi connectivity index (χ1) is 10.8. The molecule has 23 heavy (non-hydrogen) atoms. The van der Waals surface area contributed by atoms with Gasteiger partial charge in [-0.2, -0.15) is 0 Å². The molecule has 2 rings (SSSR count). The number of amides is 1. The lowest BCUT2D eigenvalue weighted by Crippen LogP contribution is -2.13. The van der Waals surface area contributed by atoms with E-state index in [1.807, 2.05) is 0 Å². The Kier molecular flexibility index (Phi) is 4.42. The minimum atomic E-state index is -0.802. The van der Waals surface area contributed by atoms with Gasteiger partial charge in [-0.1, -0.05) is 17.7 Å². The van der Waals surface area contributed by atoms with Crippen molar-refractivity contribution in [1.29, 1.82) is 0 Å². The fourth-order valence-corrected chi connectivity index (χ4v) is 2.00. The first-order valence-corrected chi connectivity index (χ1v) is 6.44. The van der Waals surface area contributed by atoms with E-state index in [0.717, 1.165) is 12.1 Å². The highest BCUT2D eigenvalue weighted by Gasteiger charge is 2.25. The third-order valence-electron chi connectivity index (χ3n) is 2.89. The Labute approximate surface area is 133 Å². The van der Waals surface area contributed by atoms with Gasteiger partial charge in [0.05, 0.1) is 26.1 Å². The molecule has 0 aliphatic heterocycles. The van der Waals surface area contributed by atoms with E-state index in [2.05, 4.69) is 5.32 Å². The topological polar surface area (TPSA) is 130 Å². The van der Waals surface area contributed by atoms with Gasteiger partial charge in [0, 0.05) is 18.2 Å². The minimum absolute atomic E-state index is 0.0333. The molecule has 10 heteroatoms. The number of hydrogen-bond acceptors (Lipinski definition) is 4. The van der Waals surface area contributed by atoms with E-state index in [0.29, 0.717) is 0 Å². The summed E-state index contributed by atoms with van der Waals surface area (Å²) >= 11 is 5.87. The van der Waals surface area contributed by atoms with Crippen LogP contribution in [0.2, 0.25) is 5.02 Å². The number of benzene rings is 2. The molecular formula is C13H10ClN3O6+2. The van der Waals surface area contributed by atoms with Crippen LogP contribution in [-0.2, 0) is 0 Å². The van der Waals surface area contributed by atoms with Crippen molar-refractivity contribution in [3.8, 4) is 5.75 Å². The molecule has 0 spiro atoms. The van der Waals surface area contributed by atoms with E-state index in [4.69, 9.17) is 22.0 Å². The number of aromatic hydroxyl groups is 1. The Morgan fingerprint density at radius 3 is 2.35 bits per heavy atom. The van der Waals surface area contributed by atoms with Gasteiger partial charge in [0.1, 0.15) is 0 Å². The molecule has 0 heterocycles. The first-order valence-electron chi connectivity index (χ1n) is 6.06. The summed E-state index contributed by atoms with van der Waals surface area (Å²) in [7, 11) is 0. The molecule has 2 aromatic carbocycles. The summed E-state index contributed by atoms with van der Waals surface area (Å²) < 4.78 is 0. The first kappa shape index (κ1) is 16.2. The summed E-state index contributed by atoms with van der Waals surface area (Å²) in [6.45, 7) is 0. The van der Waals surface area contributed by atoms with E-state index in [9.17, 15) is 19.7 Å². The molecule has 1 amide bonds. The molecule has 0 saturated carbocycles. The SMILES string of the molecule is O=C(Nc1ccc([N+](=O)O)cc1Cl)c1cccc([N+](=O)O)c1O. The van der Waals surface area contributed by atoms with Crippen molar-refractivity contribution >= 4 is 34.6 Å². The van der Waals surface area contributed by atoms with Crippen molar-refractivity contribution in [1.82, 2.24) is 0 Å². The zero-order chi connectivity index (χ0) is 17.1. The Morgan fingerprint density at radius 2 is 1.78 bits per heavy atom. The molecule has 4 N–H and O–H groups in total. The predicted octanol–water partition coefficient (Wildman–Crippen LogP) is 2.90. The average molecular weight is 340 g/mol. The molecule has 0 unspecified atom stereocenters. The van der Waals surface area contributed by atoms with Gasteiger partial charge >= 0.3 is 11.4 Å². The second-order valence-corrected chi connectivity index (χ2v) is 4.74. The van der Waals surface area contributed by atoms with Crippen molar-refractivity contribution in [3.63, 3.8) is 0 Å². The number of halogens is 1. The number of carbonyl (C=O) groups excluding carboxylic acids is 1. The lowest BCUT2D eigenvalue weighted by atomic mass is 10.1. The Morgan fingerprint density at radius 1 is 1.09 bits per heavy atom. The van der Waals surface area contributed by atoms with Gasteiger partial charge in [-0.15, -0.1) is 0 Å². The summed E-state index contributed by atoms with van der Waals surface area (Å²) in [5.41, 5.74) is -0.804. The molecule has 9 nitrogen and oxygen atoms in total. The van der Waals surface area contributed by atoms with E-state index < -0.39 is 27.2 Å². The number of para-hydroxylation sites is 1. The number of nitrogens with zero attached hydrogens (tertiary/aromatic N) is 2. The van der Waals surface area contributed by atoms with E-state index in [-0.39, 0.29) is 22.0 Å². The van der Waals surface area contributed by atoms with Crippen LogP contribution < -0.4 is 5.32 Å². The van der Waals surface area contributed by atoms with Crippen LogP contribution in [0.1, 0.15) is 10.4 Å². The van der Waals surface area contributed by atoms with Crippen LogP contribution in [0, 0.1) is 9.81 Å². The third kappa shape index (κ3) is 3.35. The van der Waals surface area contributed by atoms with E-state index >= 15 is 0 Å². The van der Waals surface area contributed by atoms with Gasteiger partial charge in [-0.25, -0.2) is 10.4 Å². The Hall–Kier alpha value is -3.20. The van der Waals surface area contributed by atoms with Crippen LogP contribution >= 0.6 is 11.6 Å². The van der Waals surface area contributed by atoms with Crippen LogP contribution in [0.4, 0.5) is 17.1 Å². The number of hydrogen-bond donors (Lipinski definition) is 4. The number of carbonyl (C=O) groups is 1. The quantitative estimate of drug-likeness (QED) is 0.633. The molecule has 0 aliphatic rings. The van der Waals surface area contributed by atoms with Crippen molar-refractivity contribution in [3.05, 3.63) is 56.8 Å². The molecule has 0 radical (unpaired) electrons. The summed E-state index contributed by atoms with van der Waals surface area (Å²) in [5.74, 6) is -1.51. The second kappa shape index (κ2) is 6.28. The third-order valence-corrected chi connectivity index (χ3v) is 3.20. The molecule has 2 aromatic rings. The smallest absolute Gasteiger partial charge is 0.358 e. The van der Waals surface area contributed by atoms with Crippen LogP contribution in [-0.4, -0.2) is 31.3 Å². The van der Waals surface area contributed by atoms with Gasteiger partial charge < -0.3 is 10.4 Å². The normalized spacial score (nSPS) is 10.1. The average Bonchev–Trinajstić information content (AvgIpc) is 2.48. The molecule has 0 fully saturated rings. The summed E-state index contributed by atoms with van der Waals surface area (Å²) in [6.07, 6.45) is 0. The monoisotopic (exact) mass is 339 g/mol. The van der Waals surface area contributed by atoms with Crippen LogP contribution in [0.5, 0.6) is 5.75 Å². The van der Waals surface area contributed by atoms with Crippen molar-refractivity contribution in [2.75, 3.05) is 5.32 Å². The summed E-state index contributed by atoms with van der Waals surface area (Å²) in [4.78, 5) is 32.8. The van der Waals surface area contributed by atoms with E-state index in [1.165, 1.54) is 24.3 Å². The molecule has 0 bridgehead atoms. The highest BCUT2D eigenvalue weighted by Crippen LogP contribution is 2.31. The predicted molar refractivity (Wildman–Crippen MR) is 77.7 cm³/mol. The highest BCUT2D eigenvalue weighted by molar-refractivity contribution is 6.34. The second-order valence-electron chi connectivity index (χ2n) is 4.34. The fourth-order valence-electron chi connectivity index (χ4n) is 1.78. The molecule has 0 aliphatic carbocycles. The number of phenols is 1. The maximum atomic E-state index is 12.1. The minimum Gasteiger partial charge on any atom is -0.501 e. The molecular weight excluding hydrogens is 330 g/mol. The maximum Gasteiger partial charge on any atom is 0.358 e. The summed E-state index contributed by atoms with van der Waals surface area (Å²) in [5, 5.41) is 29.7. The van der Waals surface area contributed by atoms with Crippen molar-refractivity contribution < 1.29 is 30.2 Å². The molecule has 0 saturated heterocycles. The van der Waals surface area contributed by atoms with Crippen LogP contribution in [0.25, 0.3) is 0 Å². The fraction of sp³-hybridized carbons (Fsp3) is 0. The zero-order valence-electron chi connectivity index (χ0n) is 11.3. The van der Waals surface area contributed by atoms with Gasteiger partial charge in [0.25, 0.3) is 15.8 Å². The lowest BCUT2D eigenvalue weighted by molar-refractivity contribution is -0.730. The number of anilines is 1. The van der Waals surface area contributed by atoms with Gasteiger partial charge in [0.15, 0.2) is 0 Å². The standard InChI is InChI=1S/C13H8ClN3O6/c14-9-6-7(16(20)21)4-5-10(9)15-13(19)8-2-1-3-11(12(8)18)17(22)23/h1-6H,(H2-2,15,18,19,20,21,22,23)/p+2. The summed E-state index contributed by atoms with van der Waals surface area (Å²) in [6, 6.07) is 7.23. The number of rotatable bonds is 4. The number of phenolic OH excluding ortho intramolecular Hbond substituents is 1. The van der Waals surface area contributed by atoms with Gasteiger partial charge in [-0.05, 0) is 12.1 Å². The van der Waals surface area contributed by atoms with Crippen LogP contribution in [0.3, 0.4) is 0 Å². The molecule has 0 aromatic heterocycles. The number of nitrogens with one attached hydrogen (secondary N) is 1. The highest BCUT2D eigenvalue weighted by atomic mass is 35.5. The van der Waals surface area contributed by atoms with Crippen molar-refractivity contribution in [2.45, 2.75) is 0 Å². The van der Waals surface area contributed by atoms with Crippen molar-refractivity contribution in [2.24, 2.45) is 0 Å². The van der Waals surface area contributed by atoms with Crippen LogP contribution in [0.15, 0.2) is 36.4 Å². The zero-order valence-corrected chi connectivity index (χ0v) is 12.1. The largest absolute Gasteiger partial charge is 0.501 e.